The van der Waals surface area contributed by atoms with Crippen molar-refractivity contribution in [1.29, 1.82) is 0 Å². The van der Waals surface area contributed by atoms with Crippen LogP contribution in [0.15, 0.2) is 24.3 Å². The number of carbonyl (C=O) groups is 2. The van der Waals surface area contributed by atoms with E-state index in [9.17, 15) is 14.7 Å². The van der Waals surface area contributed by atoms with Gasteiger partial charge in [-0.3, -0.25) is 9.59 Å². The van der Waals surface area contributed by atoms with Gasteiger partial charge in [-0.1, -0.05) is 13.0 Å². The van der Waals surface area contributed by atoms with Crippen molar-refractivity contribution in [2.45, 2.75) is 13.3 Å². The number of likely N-dealkylation sites (N-methyl/N-ethyl adjacent to an activating group) is 1. The van der Waals surface area contributed by atoms with Crippen LogP contribution in [-0.2, 0) is 4.79 Å². The lowest BCUT2D eigenvalue weighted by Crippen LogP contribution is -2.40. The first-order valence-corrected chi connectivity index (χ1v) is 5.87. The van der Waals surface area contributed by atoms with Crippen LogP contribution in [0.3, 0.4) is 0 Å². The molecule has 1 rings (SSSR count). The quantitative estimate of drug-likeness (QED) is 0.818. The molecule has 0 saturated heterocycles. The maximum atomic E-state index is 12.2. The van der Waals surface area contributed by atoms with Gasteiger partial charge in [-0.15, -0.1) is 0 Å². The normalized spacial score (nSPS) is 9.89. The molecule has 2 N–H and O–H groups in total. The molecule has 0 unspecified atom stereocenters. The number of aromatic hydroxyl groups is 1. The van der Waals surface area contributed by atoms with Crippen molar-refractivity contribution in [3.8, 4) is 5.75 Å². The minimum Gasteiger partial charge on any atom is -0.508 e. The van der Waals surface area contributed by atoms with Crippen LogP contribution in [0.4, 0.5) is 0 Å². The molecule has 0 aliphatic rings. The van der Waals surface area contributed by atoms with E-state index in [1.807, 2.05) is 6.92 Å². The monoisotopic (exact) mass is 250 g/mol. The van der Waals surface area contributed by atoms with Gasteiger partial charge in [-0.05, 0) is 24.6 Å². The number of phenols is 1. The largest absolute Gasteiger partial charge is 0.508 e. The van der Waals surface area contributed by atoms with E-state index in [0.29, 0.717) is 12.1 Å². The molecule has 5 nitrogen and oxygen atoms in total. The van der Waals surface area contributed by atoms with Crippen LogP contribution in [0.1, 0.15) is 23.7 Å². The highest BCUT2D eigenvalue weighted by atomic mass is 16.3. The lowest BCUT2D eigenvalue weighted by Gasteiger charge is -2.21. The van der Waals surface area contributed by atoms with Gasteiger partial charge in [0.25, 0.3) is 5.91 Å². The van der Waals surface area contributed by atoms with Gasteiger partial charge in [0.05, 0.1) is 6.54 Å². The second kappa shape index (κ2) is 6.64. The van der Waals surface area contributed by atoms with Gasteiger partial charge in [-0.2, -0.15) is 0 Å². The molecule has 0 aliphatic heterocycles. The van der Waals surface area contributed by atoms with Crippen LogP contribution in [0.5, 0.6) is 5.75 Å². The van der Waals surface area contributed by atoms with Gasteiger partial charge in [0.15, 0.2) is 0 Å². The number of carbonyl (C=O) groups excluding carboxylic acids is 2. The highest BCUT2D eigenvalue weighted by Gasteiger charge is 2.17. The topological polar surface area (TPSA) is 69.6 Å². The Balaban J connectivity index is 2.85. The van der Waals surface area contributed by atoms with Crippen molar-refractivity contribution in [3.63, 3.8) is 0 Å². The molecule has 98 valence electrons. The van der Waals surface area contributed by atoms with Gasteiger partial charge in [0.2, 0.25) is 5.91 Å². The molecular formula is C13H18N2O3. The lowest BCUT2D eigenvalue weighted by atomic mass is 10.2. The fourth-order valence-corrected chi connectivity index (χ4v) is 1.60. The molecule has 2 amide bonds. The van der Waals surface area contributed by atoms with Crippen molar-refractivity contribution >= 4 is 11.8 Å². The van der Waals surface area contributed by atoms with E-state index in [2.05, 4.69) is 5.32 Å². The third kappa shape index (κ3) is 3.76. The minimum atomic E-state index is -0.253. The first-order valence-electron chi connectivity index (χ1n) is 5.87. The molecule has 5 heteroatoms. The van der Waals surface area contributed by atoms with Crippen molar-refractivity contribution in [2.24, 2.45) is 0 Å². The van der Waals surface area contributed by atoms with Crippen LogP contribution in [0, 0.1) is 0 Å². The van der Waals surface area contributed by atoms with Crippen molar-refractivity contribution in [3.05, 3.63) is 29.8 Å². The smallest absolute Gasteiger partial charge is 0.254 e. The zero-order valence-corrected chi connectivity index (χ0v) is 10.6. The highest BCUT2D eigenvalue weighted by Crippen LogP contribution is 2.13. The first-order chi connectivity index (χ1) is 8.58. The van der Waals surface area contributed by atoms with E-state index in [0.717, 1.165) is 6.42 Å². The van der Waals surface area contributed by atoms with Crippen molar-refractivity contribution in [2.75, 3.05) is 20.1 Å². The average molecular weight is 250 g/mol. The highest BCUT2D eigenvalue weighted by molar-refractivity contribution is 5.96. The number of nitrogens with one attached hydrogen (secondary N) is 1. The Morgan fingerprint density at radius 3 is 2.67 bits per heavy atom. The molecule has 18 heavy (non-hydrogen) atoms. The fraction of sp³-hybridized carbons (Fsp3) is 0.385. The molecule has 0 aromatic heterocycles. The number of rotatable bonds is 5. The molecule has 0 atom stereocenters. The van der Waals surface area contributed by atoms with E-state index < -0.39 is 0 Å². The van der Waals surface area contributed by atoms with Crippen LogP contribution in [0.2, 0.25) is 0 Å². The standard InChI is InChI=1S/C13H18N2O3/c1-3-7-15(9-12(17)14-2)13(18)10-5-4-6-11(16)8-10/h4-6,8,16H,3,7,9H2,1-2H3,(H,14,17). The number of hydrogen-bond acceptors (Lipinski definition) is 3. The summed E-state index contributed by atoms with van der Waals surface area (Å²) in [4.78, 5) is 25.0. The van der Waals surface area contributed by atoms with E-state index in [4.69, 9.17) is 0 Å². The molecule has 1 aromatic rings. The molecule has 0 radical (unpaired) electrons. The number of amides is 2. The van der Waals surface area contributed by atoms with Gasteiger partial charge >= 0.3 is 0 Å². The second-order valence-electron chi connectivity index (χ2n) is 3.95. The fourth-order valence-electron chi connectivity index (χ4n) is 1.60. The average Bonchev–Trinajstić information content (AvgIpc) is 2.37. The maximum Gasteiger partial charge on any atom is 0.254 e. The van der Waals surface area contributed by atoms with E-state index >= 15 is 0 Å². The Labute approximate surface area is 106 Å². The summed E-state index contributed by atoms with van der Waals surface area (Å²) in [7, 11) is 1.53. The number of hydrogen-bond donors (Lipinski definition) is 2. The van der Waals surface area contributed by atoms with Gasteiger partial charge in [0, 0.05) is 19.2 Å². The summed E-state index contributed by atoms with van der Waals surface area (Å²) in [6.45, 7) is 2.47. The van der Waals surface area contributed by atoms with E-state index in [1.54, 1.807) is 12.1 Å². The van der Waals surface area contributed by atoms with Gasteiger partial charge < -0.3 is 15.3 Å². The SMILES string of the molecule is CCCN(CC(=O)NC)C(=O)c1cccc(O)c1. The predicted molar refractivity (Wildman–Crippen MR) is 68.4 cm³/mol. The number of nitrogens with zero attached hydrogens (tertiary/aromatic N) is 1. The zero-order valence-electron chi connectivity index (χ0n) is 10.6. The molecule has 0 bridgehead atoms. The summed E-state index contributed by atoms with van der Waals surface area (Å²) in [5.41, 5.74) is 0.382. The third-order valence-corrected chi connectivity index (χ3v) is 2.49. The lowest BCUT2D eigenvalue weighted by molar-refractivity contribution is -0.121. The van der Waals surface area contributed by atoms with Gasteiger partial charge in [0.1, 0.15) is 5.75 Å². The molecule has 0 heterocycles. The minimum absolute atomic E-state index is 0.0266. The molecule has 0 spiro atoms. The van der Waals surface area contributed by atoms with Crippen molar-refractivity contribution in [1.82, 2.24) is 10.2 Å². The van der Waals surface area contributed by atoms with Crippen molar-refractivity contribution < 1.29 is 14.7 Å². The van der Waals surface area contributed by atoms with Crippen LogP contribution in [-0.4, -0.2) is 42.0 Å². The maximum absolute atomic E-state index is 12.2. The summed E-state index contributed by atoms with van der Waals surface area (Å²) >= 11 is 0. The molecule has 0 aliphatic carbocycles. The summed E-state index contributed by atoms with van der Waals surface area (Å²) in [5.74, 6) is -0.425. The van der Waals surface area contributed by atoms with Crippen LogP contribution in [0.25, 0.3) is 0 Å². The third-order valence-electron chi connectivity index (χ3n) is 2.49. The summed E-state index contributed by atoms with van der Waals surface area (Å²) in [5, 5.41) is 11.8. The Hall–Kier alpha value is -2.04. The Kier molecular flexibility index (Phi) is 5.17. The second-order valence-corrected chi connectivity index (χ2v) is 3.95. The molecule has 1 aromatic carbocycles. The van der Waals surface area contributed by atoms with Crippen LogP contribution >= 0.6 is 0 Å². The molecule has 0 fully saturated rings. The van der Waals surface area contributed by atoms with E-state index in [1.165, 1.54) is 24.1 Å². The van der Waals surface area contributed by atoms with Gasteiger partial charge in [-0.25, -0.2) is 0 Å². The zero-order chi connectivity index (χ0) is 13.5. The predicted octanol–water partition coefficient (Wildman–Crippen LogP) is 0.990. The Morgan fingerprint density at radius 2 is 2.11 bits per heavy atom. The molecule has 0 saturated carbocycles. The number of phenolic OH excluding ortho intramolecular Hbond substituents is 1. The summed E-state index contributed by atoms with van der Waals surface area (Å²) in [6.07, 6.45) is 0.765. The molecular weight excluding hydrogens is 232 g/mol. The van der Waals surface area contributed by atoms with Crippen LogP contribution < -0.4 is 5.32 Å². The number of benzene rings is 1. The summed E-state index contributed by atoms with van der Waals surface area (Å²) in [6, 6.07) is 6.12. The Morgan fingerprint density at radius 1 is 1.39 bits per heavy atom. The Bertz CT molecular complexity index is 432. The summed E-state index contributed by atoms with van der Waals surface area (Å²) < 4.78 is 0. The van der Waals surface area contributed by atoms with E-state index in [-0.39, 0.29) is 24.1 Å². The first kappa shape index (κ1) is 14.0.